The Hall–Kier alpha value is -2.71. The second-order valence-corrected chi connectivity index (χ2v) is 7.74. The normalized spacial score (nSPS) is 10.6. The fraction of sp³-hybridized carbons (Fsp3) is 0.105. The quantitative estimate of drug-likeness (QED) is 0.605. The van der Waals surface area contributed by atoms with Gasteiger partial charge in [0.25, 0.3) is 11.8 Å². The van der Waals surface area contributed by atoms with Gasteiger partial charge in [-0.25, -0.2) is 9.37 Å². The Labute approximate surface area is 163 Å². The maximum absolute atomic E-state index is 13.6. The minimum absolute atomic E-state index is 0.269. The number of carbonyl (C=O) groups is 2. The van der Waals surface area contributed by atoms with Gasteiger partial charge in [-0.2, -0.15) is 0 Å². The van der Waals surface area contributed by atoms with Crippen molar-refractivity contribution in [2.75, 3.05) is 5.32 Å². The SMILES string of the molecule is Cc1nc(CSc2ccccc2C(=O)Nc2ccc(F)c(C(N)=O)c2)cs1. The molecule has 3 aromatic rings. The first-order valence-corrected chi connectivity index (χ1v) is 9.84. The largest absolute Gasteiger partial charge is 0.366 e. The molecule has 0 saturated heterocycles. The van der Waals surface area contributed by atoms with Crippen LogP contribution >= 0.6 is 23.1 Å². The Morgan fingerprint density at radius 1 is 1.22 bits per heavy atom. The van der Waals surface area contributed by atoms with Crippen LogP contribution in [0.5, 0.6) is 0 Å². The lowest BCUT2D eigenvalue weighted by Crippen LogP contribution is -2.16. The van der Waals surface area contributed by atoms with Crippen LogP contribution in [0.3, 0.4) is 0 Å². The van der Waals surface area contributed by atoms with Crippen molar-refractivity contribution in [1.29, 1.82) is 0 Å². The van der Waals surface area contributed by atoms with Crippen molar-refractivity contribution in [3.8, 4) is 0 Å². The zero-order chi connectivity index (χ0) is 19.4. The molecule has 1 aromatic heterocycles. The lowest BCUT2D eigenvalue weighted by molar-refractivity contribution is 0.0992. The van der Waals surface area contributed by atoms with Crippen LogP contribution in [-0.2, 0) is 5.75 Å². The average Bonchev–Trinajstić information content (AvgIpc) is 3.07. The first-order valence-electron chi connectivity index (χ1n) is 7.97. The predicted octanol–water partition coefficient (Wildman–Crippen LogP) is 4.23. The lowest BCUT2D eigenvalue weighted by Gasteiger charge is -2.10. The van der Waals surface area contributed by atoms with E-state index in [0.717, 1.165) is 21.7 Å². The number of carbonyl (C=O) groups excluding carboxylic acids is 2. The number of anilines is 1. The molecule has 27 heavy (non-hydrogen) atoms. The minimum Gasteiger partial charge on any atom is -0.366 e. The summed E-state index contributed by atoms with van der Waals surface area (Å²) in [5, 5.41) is 5.68. The van der Waals surface area contributed by atoms with Gasteiger partial charge < -0.3 is 11.1 Å². The number of hydrogen-bond donors (Lipinski definition) is 2. The van der Waals surface area contributed by atoms with Gasteiger partial charge in [0.05, 0.1) is 21.8 Å². The van der Waals surface area contributed by atoms with Crippen molar-refractivity contribution in [2.24, 2.45) is 5.73 Å². The summed E-state index contributed by atoms with van der Waals surface area (Å²) >= 11 is 3.10. The van der Waals surface area contributed by atoms with Crippen LogP contribution in [0.4, 0.5) is 10.1 Å². The standard InChI is InChI=1S/C19H16FN3O2S2/c1-11-22-13(9-26-11)10-27-17-5-3-2-4-14(17)19(25)23-12-6-7-16(20)15(8-12)18(21)24/h2-9H,10H2,1H3,(H2,21,24)(H,23,25). The molecule has 0 aliphatic rings. The van der Waals surface area contributed by atoms with E-state index in [1.165, 1.54) is 23.9 Å². The fourth-order valence-electron chi connectivity index (χ4n) is 2.40. The molecule has 138 valence electrons. The minimum atomic E-state index is -0.891. The molecule has 3 N–H and O–H groups in total. The third-order valence-electron chi connectivity index (χ3n) is 3.66. The van der Waals surface area contributed by atoms with E-state index >= 15 is 0 Å². The van der Waals surface area contributed by atoms with Crippen LogP contribution in [0.2, 0.25) is 0 Å². The van der Waals surface area contributed by atoms with Crippen molar-refractivity contribution in [3.05, 3.63) is 75.5 Å². The van der Waals surface area contributed by atoms with Gasteiger partial charge in [-0.1, -0.05) is 12.1 Å². The molecule has 3 rings (SSSR count). The Bertz CT molecular complexity index is 1000. The summed E-state index contributed by atoms with van der Waals surface area (Å²) in [5.74, 6) is -1.32. The number of benzene rings is 2. The molecule has 0 spiro atoms. The molecule has 0 radical (unpaired) electrons. The number of aryl methyl sites for hydroxylation is 1. The molecule has 1 heterocycles. The van der Waals surface area contributed by atoms with E-state index in [1.807, 2.05) is 24.4 Å². The zero-order valence-electron chi connectivity index (χ0n) is 14.4. The smallest absolute Gasteiger partial charge is 0.256 e. The first-order chi connectivity index (χ1) is 12.9. The summed E-state index contributed by atoms with van der Waals surface area (Å²) in [4.78, 5) is 29.2. The number of aromatic nitrogens is 1. The molecular weight excluding hydrogens is 385 g/mol. The second kappa shape index (κ2) is 8.32. The van der Waals surface area contributed by atoms with Crippen LogP contribution in [0, 0.1) is 12.7 Å². The van der Waals surface area contributed by atoms with Crippen LogP contribution in [0.15, 0.2) is 52.7 Å². The highest BCUT2D eigenvalue weighted by Gasteiger charge is 2.14. The van der Waals surface area contributed by atoms with Crippen LogP contribution in [-0.4, -0.2) is 16.8 Å². The predicted molar refractivity (Wildman–Crippen MR) is 106 cm³/mol. The number of amides is 2. The second-order valence-electron chi connectivity index (χ2n) is 5.66. The van der Waals surface area contributed by atoms with Crippen LogP contribution in [0.1, 0.15) is 31.4 Å². The van der Waals surface area contributed by atoms with Gasteiger partial charge >= 0.3 is 0 Å². The van der Waals surface area contributed by atoms with Crippen molar-refractivity contribution >= 4 is 40.6 Å². The van der Waals surface area contributed by atoms with Gasteiger partial charge in [-0.3, -0.25) is 9.59 Å². The Kier molecular flexibility index (Phi) is 5.88. The summed E-state index contributed by atoms with van der Waals surface area (Å²) in [6.45, 7) is 1.95. The van der Waals surface area contributed by atoms with E-state index in [1.54, 1.807) is 23.5 Å². The molecule has 0 aliphatic carbocycles. The molecule has 2 aromatic carbocycles. The van der Waals surface area contributed by atoms with Gasteiger partial charge in [0, 0.05) is 21.7 Å². The number of nitrogens with two attached hydrogens (primary N) is 1. The summed E-state index contributed by atoms with van der Waals surface area (Å²) in [7, 11) is 0. The fourth-order valence-corrected chi connectivity index (χ4v) is 4.06. The van der Waals surface area contributed by atoms with Gasteiger partial charge in [0.1, 0.15) is 5.82 Å². The molecule has 0 fully saturated rings. The monoisotopic (exact) mass is 401 g/mol. The molecule has 0 unspecified atom stereocenters. The van der Waals surface area contributed by atoms with E-state index in [4.69, 9.17) is 5.73 Å². The molecule has 0 saturated carbocycles. The average molecular weight is 401 g/mol. The summed E-state index contributed by atoms with van der Waals surface area (Å²) < 4.78 is 13.6. The third kappa shape index (κ3) is 4.72. The summed E-state index contributed by atoms with van der Waals surface area (Å²) in [5.41, 5.74) is 6.62. The van der Waals surface area contributed by atoms with E-state index in [9.17, 15) is 14.0 Å². The Morgan fingerprint density at radius 3 is 2.70 bits per heavy atom. The highest BCUT2D eigenvalue weighted by Crippen LogP contribution is 2.27. The molecule has 2 amide bonds. The number of hydrogen-bond acceptors (Lipinski definition) is 5. The lowest BCUT2D eigenvalue weighted by atomic mass is 10.1. The Morgan fingerprint density at radius 2 is 2.00 bits per heavy atom. The van der Waals surface area contributed by atoms with E-state index in [-0.39, 0.29) is 11.5 Å². The number of thiazole rings is 1. The van der Waals surface area contributed by atoms with E-state index in [2.05, 4.69) is 10.3 Å². The highest BCUT2D eigenvalue weighted by molar-refractivity contribution is 7.98. The van der Waals surface area contributed by atoms with Crippen molar-refractivity contribution in [3.63, 3.8) is 0 Å². The maximum atomic E-state index is 13.6. The van der Waals surface area contributed by atoms with Crippen LogP contribution in [0.25, 0.3) is 0 Å². The summed E-state index contributed by atoms with van der Waals surface area (Å²) in [6, 6.07) is 10.9. The highest BCUT2D eigenvalue weighted by atomic mass is 32.2. The van der Waals surface area contributed by atoms with Crippen molar-refractivity contribution in [1.82, 2.24) is 4.98 Å². The van der Waals surface area contributed by atoms with Gasteiger partial charge in [-0.15, -0.1) is 23.1 Å². The number of rotatable bonds is 6. The number of primary amides is 1. The molecule has 0 aliphatic heterocycles. The van der Waals surface area contributed by atoms with Gasteiger partial charge in [-0.05, 0) is 37.3 Å². The molecular formula is C19H16FN3O2S2. The van der Waals surface area contributed by atoms with Crippen molar-refractivity contribution < 1.29 is 14.0 Å². The van der Waals surface area contributed by atoms with Crippen LogP contribution < -0.4 is 11.1 Å². The molecule has 0 bridgehead atoms. The number of thioether (sulfide) groups is 1. The number of nitrogens with zero attached hydrogens (tertiary/aromatic N) is 1. The topological polar surface area (TPSA) is 85.1 Å². The van der Waals surface area contributed by atoms with Crippen molar-refractivity contribution in [2.45, 2.75) is 17.6 Å². The molecule has 0 atom stereocenters. The maximum Gasteiger partial charge on any atom is 0.256 e. The first kappa shape index (κ1) is 19.1. The molecule has 5 nitrogen and oxygen atoms in total. The number of halogens is 1. The number of nitrogens with one attached hydrogen (secondary N) is 1. The van der Waals surface area contributed by atoms with E-state index < -0.39 is 11.7 Å². The molecule has 8 heteroatoms. The van der Waals surface area contributed by atoms with E-state index in [0.29, 0.717) is 17.0 Å². The Balaban J connectivity index is 1.77. The van der Waals surface area contributed by atoms with Gasteiger partial charge in [0.15, 0.2) is 0 Å². The summed E-state index contributed by atoms with van der Waals surface area (Å²) in [6.07, 6.45) is 0. The zero-order valence-corrected chi connectivity index (χ0v) is 16.0. The van der Waals surface area contributed by atoms with Gasteiger partial charge in [0.2, 0.25) is 0 Å². The third-order valence-corrected chi connectivity index (χ3v) is 5.59.